The predicted octanol–water partition coefficient (Wildman–Crippen LogP) is 2.18. The highest BCUT2D eigenvalue weighted by Gasteiger charge is 2.29. The molecule has 0 spiro atoms. The summed E-state index contributed by atoms with van der Waals surface area (Å²) in [5.41, 5.74) is 6.36. The number of nitrogens with zero attached hydrogens (tertiary/aromatic N) is 1. The van der Waals surface area contributed by atoms with E-state index in [2.05, 4.69) is 0 Å². The van der Waals surface area contributed by atoms with Crippen molar-refractivity contribution in [3.63, 3.8) is 0 Å². The largest absolute Gasteiger partial charge is 0.490 e. The molecule has 1 amide bonds. The van der Waals surface area contributed by atoms with Gasteiger partial charge < -0.3 is 20.5 Å². The summed E-state index contributed by atoms with van der Waals surface area (Å²) in [6, 6.07) is 7.30. The molecule has 0 aromatic heterocycles. The van der Waals surface area contributed by atoms with Gasteiger partial charge in [0, 0.05) is 37.2 Å². The Hall–Kier alpha value is -1.91. The standard InChI is InChI=1S/C13H18N2O3/c1-9-7-12(5-6-15(9)13(16)17)18-11-4-2-3-10(14)8-11/h2-4,8-9,12H,5-7,14H2,1H3,(H,16,17)/t9-,12-/m0/s1. The quantitative estimate of drug-likeness (QED) is 0.789. The highest BCUT2D eigenvalue weighted by atomic mass is 16.5. The second kappa shape index (κ2) is 5.16. The van der Waals surface area contributed by atoms with E-state index in [1.165, 1.54) is 4.90 Å². The van der Waals surface area contributed by atoms with E-state index in [1.54, 1.807) is 6.07 Å². The molecule has 5 heteroatoms. The van der Waals surface area contributed by atoms with Crippen LogP contribution in [0.3, 0.4) is 0 Å². The molecule has 1 aliphatic heterocycles. The molecular weight excluding hydrogens is 232 g/mol. The zero-order chi connectivity index (χ0) is 13.1. The molecule has 5 nitrogen and oxygen atoms in total. The first-order valence-electron chi connectivity index (χ1n) is 6.08. The van der Waals surface area contributed by atoms with Crippen LogP contribution in [0.5, 0.6) is 5.75 Å². The van der Waals surface area contributed by atoms with Crippen molar-refractivity contribution in [2.24, 2.45) is 0 Å². The summed E-state index contributed by atoms with van der Waals surface area (Å²) in [5, 5.41) is 8.99. The molecule has 0 bridgehead atoms. The fourth-order valence-electron chi connectivity index (χ4n) is 2.30. The normalized spacial score (nSPS) is 23.7. The van der Waals surface area contributed by atoms with Gasteiger partial charge in [-0.3, -0.25) is 0 Å². The van der Waals surface area contributed by atoms with E-state index in [4.69, 9.17) is 15.6 Å². The summed E-state index contributed by atoms with van der Waals surface area (Å²) < 4.78 is 5.84. The van der Waals surface area contributed by atoms with Crippen LogP contribution in [0, 0.1) is 0 Å². The molecule has 1 aromatic rings. The van der Waals surface area contributed by atoms with Gasteiger partial charge in [-0.25, -0.2) is 4.79 Å². The smallest absolute Gasteiger partial charge is 0.407 e. The highest BCUT2D eigenvalue weighted by molar-refractivity contribution is 5.65. The van der Waals surface area contributed by atoms with Crippen molar-refractivity contribution in [2.75, 3.05) is 12.3 Å². The van der Waals surface area contributed by atoms with Crippen LogP contribution in [0.15, 0.2) is 24.3 Å². The van der Waals surface area contributed by atoms with E-state index in [1.807, 2.05) is 25.1 Å². The van der Waals surface area contributed by atoms with Crippen LogP contribution in [-0.4, -0.2) is 34.8 Å². The van der Waals surface area contributed by atoms with Gasteiger partial charge in [0.15, 0.2) is 0 Å². The zero-order valence-corrected chi connectivity index (χ0v) is 10.4. The molecule has 0 aliphatic carbocycles. The van der Waals surface area contributed by atoms with Gasteiger partial charge >= 0.3 is 6.09 Å². The number of rotatable bonds is 2. The average Bonchev–Trinajstić information content (AvgIpc) is 2.28. The molecule has 0 saturated carbocycles. The second-order valence-corrected chi connectivity index (χ2v) is 4.66. The zero-order valence-electron chi connectivity index (χ0n) is 10.4. The summed E-state index contributed by atoms with van der Waals surface area (Å²) in [5.74, 6) is 0.746. The molecule has 3 N–H and O–H groups in total. The predicted molar refractivity (Wildman–Crippen MR) is 68.7 cm³/mol. The van der Waals surface area contributed by atoms with E-state index >= 15 is 0 Å². The van der Waals surface area contributed by atoms with Crippen LogP contribution >= 0.6 is 0 Å². The molecule has 0 unspecified atom stereocenters. The lowest BCUT2D eigenvalue weighted by molar-refractivity contribution is 0.0605. The number of amides is 1. The van der Waals surface area contributed by atoms with E-state index in [9.17, 15) is 4.79 Å². The maximum atomic E-state index is 10.9. The molecule has 1 aromatic carbocycles. The Labute approximate surface area is 106 Å². The van der Waals surface area contributed by atoms with E-state index < -0.39 is 6.09 Å². The van der Waals surface area contributed by atoms with Crippen LogP contribution in [0.4, 0.5) is 10.5 Å². The molecule has 18 heavy (non-hydrogen) atoms. The van der Waals surface area contributed by atoms with Crippen molar-refractivity contribution >= 4 is 11.8 Å². The first-order chi connectivity index (χ1) is 8.56. The van der Waals surface area contributed by atoms with Crippen LogP contribution < -0.4 is 10.5 Å². The average molecular weight is 250 g/mol. The third-order valence-corrected chi connectivity index (χ3v) is 3.23. The lowest BCUT2D eigenvalue weighted by atomic mass is 10.0. The Morgan fingerprint density at radius 2 is 2.33 bits per heavy atom. The molecule has 0 radical (unpaired) electrons. The fourth-order valence-corrected chi connectivity index (χ4v) is 2.30. The maximum Gasteiger partial charge on any atom is 0.407 e. The molecule has 1 saturated heterocycles. The highest BCUT2D eigenvalue weighted by Crippen LogP contribution is 2.23. The third-order valence-electron chi connectivity index (χ3n) is 3.23. The summed E-state index contributed by atoms with van der Waals surface area (Å²) in [6.07, 6.45) is 0.620. The minimum Gasteiger partial charge on any atom is -0.490 e. The van der Waals surface area contributed by atoms with Gasteiger partial charge in [-0.05, 0) is 19.1 Å². The van der Waals surface area contributed by atoms with Crippen LogP contribution in [0.2, 0.25) is 0 Å². The SMILES string of the molecule is C[C@H]1C[C@@H](Oc2cccc(N)c2)CCN1C(=O)O. The lowest BCUT2D eigenvalue weighted by Crippen LogP contribution is -2.46. The molecular formula is C13H18N2O3. The topological polar surface area (TPSA) is 75.8 Å². The Morgan fingerprint density at radius 1 is 1.56 bits per heavy atom. The van der Waals surface area contributed by atoms with Crippen molar-refractivity contribution in [1.29, 1.82) is 0 Å². The van der Waals surface area contributed by atoms with Gasteiger partial charge in [0.05, 0.1) is 0 Å². The lowest BCUT2D eigenvalue weighted by Gasteiger charge is -2.35. The number of anilines is 1. The number of nitrogens with two attached hydrogens (primary N) is 1. The number of piperidine rings is 1. The van der Waals surface area contributed by atoms with Crippen molar-refractivity contribution < 1.29 is 14.6 Å². The fraction of sp³-hybridized carbons (Fsp3) is 0.462. The molecule has 1 aliphatic rings. The van der Waals surface area contributed by atoms with Crippen LogP contribution in [0.25, 0.3) is 0 Å². The van der Waals surface area contributed by atoms with E-state index in [0.29, 0.717) is 25.1 Å². The summed E-state index contributed by atoms with van der Waals surface area (Å²) in [4.78, 5) is 12.4. The number of hydrogen-bond donors (Lipinski definition) is 2. The van der Waals surface area contributed by atoms with Crippen LogP contribution in [-0.2, 0) is 0 Å². The number of likely N-dealkylation sites (tertiary alicyclic amines) is 1. The molecule has 2 rings (SSSR count). The Morgan fingerprint density at radius 3 is 2.94 bits per heavy atom. The van der Waals surface area contributed by atoms with E-state index in [0.717, 1.165) is 5.75 Å². The number of benzene rings is 1. The molecule has 1 heterocycles. The summed E-state index contributed by atoms with van der Waals surface area (Å²) >= 11 is 0. The van der Waals surface area contributed by atoms with Crippen molar-refractivity contribution in [3.05, 3.63) is 24.3 Å². The first-order valence-corrected chi connectivity index (χ1v) is 6.08. The van der Waals surface area contributed by atoms with Crippen molar-refractivity contribution in [3.8, 4) is 5.75 Å². The Kier molecular flexibility index (Phi) is 3.60. The Bertz CT molecular complexity index is 436. The second-order valence-electron chi connectivity index (χ2n) is 4.66. The number of carboxylic acid groups (broad SMARTS) is 1. The first kappa shape index (κ1) is 12.5. The van der Waals surface area contributed by atoms with Gasteiger partial charge in [-0.1, -0.05) is 6.07 Å². The van der Waals surface area contributed by atoms with Crippen LogP contribution in [0.1, 0.15) is 19.8 Å². The van der Waals surface area contributed by atoms with Crippen molar-refractivity contribution in [1.82, 2.24) is 4.90 Å². The van der Waals surface area contributed by atoms with Crippen molar-refractivity contribution in [2.45, 2.75) is 31.9 Å². The number of hydrogen-bond acceptors (Lipinski definition) is 3. The van der Waals surface area contributed by atoms with E-state index in [-0.39, 0.29) is 12.1 Å². The summed E-state index contributed by atoms with van der Waals surface area (Å²) in [6.45, 7) is 2.42. The van der Waals surface area contributed by atoms with Gasteiger partial charge in [-0.15, -0.1) is 0 Å². The minimum atomic E-state index is -0.857. The number of ether oxygens (including phenoxy) is 1. The van der Waals surface area contributed by atoms with Gasteiger partial charge in [0.2, 0.25) is 0 Å². The minimum absolute atomic E-state index is 0.0118. The number of carbonyl (C=O) groups is 1. The van der Waals surface area contributed by atoms with Gasteiger partial charge in [0.1, 0.15) is 11.9 Å². The van der Waals surface area contributed by atoms with Gasteiger partial charge in [-0.2, -0.15) is 0 Å². The number of nitrogen functional groups attached to an aromatic ring is 1. The Balaban J connectivity index is 1.95. The summed E-state index contributed by atoms with van der Waals surface area (Å²) in [7, 11) is 0. The third kappa shape index (κ3) is 2.85. The molecule has 98 valence electrons. The molecule has 1 fully saturated rings. The monoisotopic (exact) mass is 250 g/mol. The van der Waals surface area contributed by atoms with Gasteiger partial charge in [0.25, 0.3) is 0 Å². The molecule has 2 atom stereocenters. The maximum absolute atomic E-state index is 10.9.